The normalized spacial score (nSPS) is 15.4. The van der Waals surface area contributed by atoms with Crippen LogP contribution >= 0.6 is 0 Å². The molecule has 0 atom stereocenters. The second kappa shape index (κ2) is 6.34. The summed E-state index contributed by atoms with van der Waals surface area (Å²) in [5.41, 5.74) is 1.48. The summed E-state index contributed by atoms with van der Waals surface area (Å²) in [5.74, 6) is 0.160. The molecule has 1 aliphatic rings. The van der Waals surface area contributed by atoms with Crippen LogP contribution in [0.25, 0.3) is 0 Å². The van der Waals surface area contributed by atoms with Crippen molar-refractivity contribution in [2.75, 3.05) is 17.0 Å². The van der Waals surface area contributed by atoms with E-state index in [0.29, 0.717) is 18.2 Å². The number of hydrogen-bond donors (Lipinski definition) is 2. The number of pyridine rings is 1. The van der Waals surface area contributed by atoms with Crippen molar-refractivity contribution in [1.82, 2.24) is 10.3 Å². The van der Waals surface area contributed by atoms with Gasteiger partial charge in [-0.2, -0.15) is 0 Å². The Morgan fingerprint density at radius 2 is 2.11 bits per heavy atom. The van der Waals surface area contributed by atoms with Gasteiger partial charge in [0.25, 0.3) is 0 Å². The lowest BCUT2D eigenvalue weighted by Gasteiger charge is -2.08. The van der Waals surface area contributed by atoms with Gasteiger partial charge < -0.3 is 5.32 Å². The number of nitrogens with zero attached hydrogens (tertiary/aromatic N) is 1. The molecule has 6 heteroatoms. The lowest BCUT2D eigenvalue weighted by atomic mass is 10.3. The first-order chi connectivity index (χ1) is 9.05. The third-order valence-electron chi connectivity index (χ3n) is 3.00. The zero-order chi connectivity index (χ0) is 13.7. The molecule has 0 saturated heterocycles. The van der Waals surface area contributed by atoms with Crippen LogP contribution < -0.4 is 10.0 Å². The van der Waals surface area contributed by atoms with Crippen molar-refractivity contribution in [2.45, 2.75) is 38.6 Å². The lowest BCUT2D eigenvalue weighted by Crippen LogP contribution is -2.20. The second-order valence-electron chi connectivity index (χ2n) is 5.11. The van der Waals surface area contributed by atoms with Crippen molar-refractivity contribution in [2.24, 2.45) is 0 Å². The van der Waals surface area contributed by atoms with Crippen LogP contribution in [0.1, 0.15) is 31.2 Å². The average molecular weight is 283 g/mol. The molecule has 2 rings (SSSR count). The lowest BCUT2D eigenvalue weighted by molar-refractivity contribution is 0.591. The van der Waals surface area contributed by atoms with E-state index in [1.165, 1.54) is 19.0 Å². The molecule has 0 unspecified atom stereocenters. The second-order valence-corrected chi connectivity index (χ2v) is 6.95. The Balaban J connectivity index is 1.71. The van der Waals surface area contributed by atoms with Crippen molar-refractivity contribution < 1.29 is 8.42 Å². The molecule has 0 aromatic carbocycles. The van der Waals surface area contributed by atoms with Crippen LogP contribution in [0.3, 0.4) is 0 Å². The van der Waals surface area contributed by atoms with Gasteiger partial charge in [0, 0.05) is 12.2 Å². The molecule has 1 fully saturated rings. The van der Waals surface area contributed by atoms with Gasteiger partial charge in [0.2, 0.25) is 10.0 Å². The Morgan fingerprint density at radius 1 is 1.32 bits per heavy atom. The molecular weight excluding hydrogens is 262 g/mol. The largest absolute Gasteiger partial charge is 0.314 e. The van der Waals surface area contributed by atoms with Crippen molar-refractivity contribution in [3.63, 3.8) is 0 Å². The number of sulfonamides is 1. The molecule has 19 heavy (non-hydrogen) atoms. The summed E-state index contributed by atoms with van der Waals surface area (Å²) in [6.07, 6.45) is 7.32. The monoisotopic (exact) mass is 283 g/mol. The molecule has 0 bridgehead atoms. The van der Waals surface area contributed by atoms with Gasteiger partial charge in [-0.1, -0.05) is 0 Å². The first-order valence-corrected chi connectivity index (χ1v) is 8.36. The third-order valence-corrected chi connectivity index (χ3v) is 4.37. The number of hydrogen-bond acceptors (Lipinski definition) is 4. The summed E-state index contributed by atoms with van der Waals surface area (Å²) in [4.78, 5) is 3.97. The van der Waals surface area contributed by atoms with E-state index in [4.69, 9.17) is 0 Å². The van der Waals surface area contributed by atoms with E-state index in [0.717, 1.165) is 18.5 Å². The molecule has 2 N–H and O–H groups in total. The van der Waals surface area contributed by atoms with Crippen LogP contribution in [0.5, 0.6) is 0 Å². The van der Waals surface area contributed by atoms with Crippen LogP contribution in [-0.2, 0) is 10.0 Å². The van der Waals surface area contributed by atoms with Crippen LogP contribution in [-0.4, -0.2) is 31.7 Å². The van der Waals surface area contributed by atoms with Gasteiger partial charge in [0.15, 0.2) is 0 Å². The van der Waals surface area contributed by atoms with Gasteiger partial charge in [-0.25, -0.2) is 8.42 Å². The van der Waals surface area contributed by atoms with E-state index >= 15 is 0 Å². The molecule has 1 aromatic rings. The molecule has 1 saturated carbocycles. The predicted octanol–water partition coefficient (Wildman–Crippen LogP) is 1.66. The SMILES string of the molecule is Cc1cncc(NS(=O)(=O)CCCCNC2CC2)c1. The highest BCUT2D eigenvalue weighted by Crippen LogP contribution is 2.18. The number of anilines is 1. The molecule has 0 amide bonds. The molecule has 0 aliphatic heterocycles. The number of aryl methyl sites for hydroxylation is 1. The molecule has 0 radical (unpaired) electrons. The summed E-state index contributed by atoms with van der Waals surface area (Å²) in [6, 6.07) is 2.47. The van der Waals surface area contributed by atoms with E-state index in [9.17, 15) is 8.42 Å². The average Bonchev–Trinajstić information content (AvgIpc) is 3.11. The Kier molecular flexibility index (Phi) is 4.76. The minimum atomic E-state index is -3.25. The zero-order valence-electron chi connectivity index (χ0n) is 11.2. The maximum Gasteiger partial charge on any atom is 0.232 e. The summed E-state index contributed by atoms with van der Waals surface area (Å²) >= 11 is 0. The highest BCUT2D eigenvalue weighted by atomic mass is 32.2. The van der Waals surface area contributed by atoms with Gasteiger partial charge in [0.1, 0.15) is 0 Å². The number of aromatic nitrogens is 1. The van der Waals surface area contributed by atoms with Crippen LogP contribution in [0.2, 0.25) is 0 Å². The van der Waals surface area contributed by atoms with Crippen molar-refractivity contribution >= 4 is 15.7 Å². The zero-order valence-corrected chi connectivity index (χ0v) is 12.0. The third kappa shape index (κ3) is 5.57. The fourth-order valence-electron chi connectivity index (χ4n) is 1.85. The van der Waals surface area contributed by atoms with E-state index < -0.39 is 10.0 Å². The Morgan fingerprint density at radius 3 is 2.79 bits per heavy atom. The summed E-state index contributed by atoms with van der Waals surface area (Å²) in [7, 11) is -3.25. The fourth-order valence-corrected chi connectivity index (χ4v) is 3.01. The molecule has 5 nitrogen and oxygen atoms in total. The first-order valence-electron chi connectivity index (χ1n) is 6.71. The van der Waals surface area contributed by atoms with Gasteiger partial charge in [-0.3, -0.25) is 9.71 Å². The predicted molar refractivity (Wildman–Crippen MR) is 76.6 cm³/mol. The maximum absolute atomic E-state index is 11.9. The Hall–Kier alpha value is -1.14. The van der Waals surface area contributed by atoms with Gasteiger partial charge in [-0.15, -0.1) is 0 Å². The maximum atomic E-state index is 11.9. The molecule has 1 aromatic heterocycles. The minimum absolute atomic E-state index is 0.160. The topological polar surface area (TPSA) is 71.1 Å². The van der Waals surface area contributed by atoms with Crippen LogP contribution in [0.4, 0.5) is 5.69 Å². The van der Waals surface area contributed by atoms with E-state index in [-0.39, 0.29) is 5.75 Å². The van der Waals surface area contributed by atoms with E-state index in [1.54, 1.807) is 12.3 Å². The summed E-state index contributed by atoms with van der Waals surface area (Å²) < 4.78 is 26.3. The van der Waals surface area contributed by atoms with Crippen molar-refractivity contribution in [3.8, 4) is 0 Å². The van der Waals surface area contributed by atoms with Gasteiger partial charge in [-0.05, 0) is 50.8 Å². The molecule has 106 valence electrons. The molecule has 1 heterocycles. The quantitative estimate of drug-likeness (QED) is 0.712. The number of unbranched alkanes of at least 4 members (excludes halogenated alkanes) is 1. The number of nitrogens with one attached hydrogen (secondary N) is 2. The Labute approximate surface area is 114 Å². The van der Waals surface area contributed by atoms with E-state index in [1.807, 2.05) is 6.92 Å². The fraction of sp³-hybridized carbons (Fsp3) is 0.615. The van der Waals surface area contributed by atoms with Crippen molar-refractivity contribution in [1.29, 1.82) is 0 Å². The Bertz CT molecular complexity index is 512. The minimum Gasteiger partial charge on any atom is -0.314 e. The molecule has 0 spiro atoms. The highest BCUT2D eigenvalue weighted by Gasteiger charge is 2.19. The van der Waals surface area contributed by atoms with E-state index in [2.05, 4.69) is 15.0 Å². The van der Waals surface area contributed by atoms with Crippen LogP contribution in [0.15, 0.2) is 18.5 Å². The molecular formula is C13H21N3O2S. The smallest absolute Gasteiger partial charge is 0.232 e. The standard InChI is InChI=1S/C13H21N3O2S/c1-11-8-13(10-14-9-11)16-19(17,18)7-3-2-6-15-12-4-5-12/h8-10,12,15-16H,2-7H2,1H3. The first kappa shape index (κ1) is 14.3. The summed E-state index contributed by atoms with van der Waals surface area (Å²) in [6.45, 7) is 2.79. The number of rotatable bonds is 8. The van der Waals surface area contributed by atoms with Crippen LogP contribution in [0, 0.1) is 6.92 Å². The van der Waals surface area contributed by atoms with Gasteiger partial charge >= 0.3 is 0 Å². The molecule has 1 aliphatic carbocycles. The summed E-state index contributed by atoms with van der Waals surface area (Å²) in [5, 5.41) is 3.37. The van der Waals surface area contributed by atoms with Crippen molar-refractivity contribution in [3.05, 3.63) is 24.0 Å². The highest BCUT2D eigenvalue weighted by molar-refractivity contribution is 7.92. The van der Waals surface area contributed by atoms with Gasteiger partial charge in [0.05, 0.1) is 17.6 Å².